The van der Waals surface area contributed by atoms with Gasteiger partial charge in [0.1, 0.15) is 11.5 Å². The lowest BCUT2D eigenvalue weighted by Gasteiger charge is -2.07. The molecule has 2 aromatic rings. The van der Waals surface area contributed by atoms with Crippen LogP contribution in [0.1, 0.15) is 11.1 Å². The lowest BCUT2D eigenvalue weighted by atomic mass is 10.2. The Balaban J connectivity index is 1.97. The van der Waals surface area contributed by atoms with Gasteiger partial charge in [-0.1, -0.05) is 17.7 Å². The van der Waals surface area contributed by atoms with Crippen molar-refractivity contribution in [2.75, 3.05) is 19.5 Å². The summed E-state index contributed by atoms with van der Waals surface area (Å²) in [6.07, 6.45) is 1.37. The third kappa shape index (κ3) is 5.07. The number of carbonyl (C=O) groups is 2. The minimum Gasteiger partial charge on any atom is -0.497 e. The van der Waals surface area contributed by atoms with Gasteiger partial charge in [-0.25, -0.2) is 5.43 Å². The molecule has 7 nitrogen and oxygen atoms in total. The van der Waals surface area contributed by atoms with E-state index < -0.39 is 11.8 Å². The summed E-state index contributed by atoms with van der Waals surface area (Å²) in [7, 11) is 3.06. The second kappa shape index (κ2) is 8.49. The van der Waals surface area contributed by atoms with E-state index in [2.05, 4.69) is 15.8 Å². The maximum absolute atomic E-state index is 11.8. The lowest BCUT2D eigenvalue weighted by Crippen LogP contribution is -2.32. The van der Waals surface area contributed by atoms with Crippen molar-refractivity contribution in [1.82, 2.24) is 5.43 Å². The maximum Gasteiger partial charge on any atom is 0.329 e. The Morgan fingerprint density at radius 2 is 1.72 bits per heavy atom. The molecule has 0 radical (unpaired) electrons. The number of nitrogens with one attached hydrogen (secondary N) is 2. The van der Waals surface area contributed by atoms with Crippen LogP contribution < -0.4 is 20.2 Å². The van der Waals surface area contributed by atoms with Crippen molar-refractivity contribution in [2.45, 2.75) is 6.92 Å². The van der Waals surface area contributed by atoms with E-state index in [0.717, 1.165) is 5.56 Å². The molecule has 2 amide bonds. The van der Waals surface area contributed by atoms with Crippen molar-refractivity contribution < 1.29 is 19.1 Å². The van der Waals surface area contributed by atoms with E-state index in [-0.39, 0.29) is 0 Å². The van der Waals surface area contributed by atoms with E-state index in [9.17, 15) is 9.59 Å². The summed E-state index contributed by atoms with van der Waals surface area (Å²) >= 11 is 0. The molecule has 0 aliphatic heterocycles. The molecule has 7 heteroatoms. The SMILES string of the molecule is COc1ccc(OC)c(/C=N/NC(=O)C(=O)Nc2ccc(C)cc2)c1. The number of nitrogens with zero attached hydrogens (tertiary/aromatic N) is 1. The van der Waals surface area contributed by atoms with E-state index in [4.69, 9.17) is 9.47 Å². The fourth-order valence-electron chi connectivity index (χ4n) is 1.98. The minimum absolute atomic E-state index is 0.532. The van der Waals surface area contributed by atoms with Crippen LogP contribution in [0.4, 0.5) is 5.69 Å². The standard InChI is InChI=1S/C18H19N3O4/c1-12-4-6-14(7-5-12)20-17(22)18(23)21-19-11-13-10-15(24-2)8-9-16(13)25-3/h4-11H,1-3H3,(H,20,22)(H,21,23)/b19-11+. The number of aryl methyl sites for hydroxylation is 1. The van der Waals surface area contributed by atoms with Crippen molar-refractivity contribution in [3.8, 4) is 11.5 Å². The normalized spacial score (nSPS) is 10.4. The quantitative estimate of drug-likeness (QED) is 0.495. The zero-order chi connectivity index (χ0) is 18.2. The van der Waals surface area contributed by atoms with Gasteiger partial charge in [0, 0.05) is 11.3 Å². The molecule has 130 valence electrons. The number of rotatable bonds is 5. The molecule has 25 heavy (non-hydrogen) atoms. The molecule has 0 bridgehead atoms. The fourth-order valence-corrected chi connectivity index (χ4v) is 1.98. The molecular weight excluding hydrogens is 322 g/mol. The number of benzene rings is 2. The molecule has 0 fully saturated rings. The Bertz CT molecular complexity index is 785. The molecule has 2 aromatic carbocycles. The average Bonchev–Trinajstić information content (AvgIpc) is 2.63. The number of methoxy groups -OCH3 is 2. The van der Waals surface area contributed by atoms with Crippen molar-refractivity contribution in [3.05, 3.63) is 53.6 Å². The first-order chi connectivity index (χ1) is 12.0. The van der Waals surface area contributed by atoms with E-state index in [0.29, 0.717) is 22.7 Å². The monoisotopic (exact) mass is 341 g/mol. The second-order valence-electron chi connectivity index (χ2n) is 5.13. The fraction of sp³-hybridized carbons (Fsp3) is 0.167. The van der Waals surface area contributed by atoms with Crippen molar-refractivity contribution >= 4 is 23.7 Å². The summed E-state index contributed by atoms with van der Waals surface area (Å²) in [5, 5.41) is 6.27. The maximum atomic E-state index is 11.8. The third-order valence-electron chi connectivity index (χ3n) is 3.32. The lowest BCUT2D eigenvalue weighted by molar-refractivity contribution is -0.136. The molecule has 0 heterocycles. The molecule has 0 saturated heterocycles. The average molecular weight is 341 g/mol. The highest BCUT2D eigenvalue weighted by Crippen LogP contribution is 2.22. The highest BCUT2D eigenvalue weighted by Gasteiger charge is 2.12. The van der Waals surface area contributed by atoms with E-state index >= 15 is 0 Å². The number of amides is 2. The number of hydrogen-bond acceptors (Lipinski definition) is 5. The van der Waals surface area contributed by atoms with Crippen molar-refractivity contribution in [3.63, 3.8) is 0 Å². The van der Waals surface area contributed by atoms with E-state index in [1.165, 1.54) is 13.3 Å². The van der Waals surface area contributed by atoms with E-state index in [1.54, 1.807) is 37.4 Å². The molecule has 2 rings (SSSR count). The summed E-state index contributed by atoms with van der Waals surface area (Å²) in [4.78, 5) is 23.6. The first-order valence-corrected chi connectivity index (χ1v) is 7.46. The number of hydrogen-bond donors (Lipinski definition) is 2. The highest BCUT2D eigenvalue weighted by atomic mass is 16.5. The van der Waals surface area contributed by atoms with Crippen LogP contribution in [0.25, 0.3) is 0 Å². The largest absolute Gasteiger partial charge is 0.497 e. The summed E-state index contributed by atoms with van der Waals surface area (Å²) in [6.45, 7) is 1.93. The van der Waals surface area contributed by atoms with Gasteiger partial charge in [0.2, 0.25) is 0 Å². The Kier molecular flexibility index (Phi) is 6.11. The first-order valence-electron chi connectivity index (χ1n) is 7.46. The topological polar surface area (TPSA) is 89.0 Å². The van der Waals surface area contributed by atoms with Gasteiger partial charge in [0.25, 0.3) is 0 Å². The van der Waals surface area contributed by atoms with Gasteiger partial charge in [0.15, 0.2) is 0 Å². The Morgan fingerprint density at radius 3 is 2.36 bits per heavy atom. The van der Waals surface area contributed by atoms with Crippen LogP contribution in [-0.4, -0.2) is 32.2 Å². The van der Waals surface area contributed by atoms with Gasteiger partial charge in [-0.2, -0.15) is 5.10 Å². The number of ether oxygens (including phenoxy) is 2. The van der Waals surface area contributed by atoms with Crippen LogP contribution in [0.2, 0.25) is 0 Å². The predicted octanol–water partition coefficient (Wildman–Crippen LogP) is 2.10. The molecule has 0 aliphatic rings. The molecule has 0 atom stereocenters. The molecule has 0 aromatic heterocycles. The second-order valence-corrected chi connectivity index (χ2v) is 5.13. The Morgan fingerprint density at radius 1 is 1.00 bits per heavy atom. The Hall–Kier alpha value is -3.35. The summed E-state index contributed by atoms with van der Waals surface area (Å²) in [5.74, 6) is -0.508. The van der Waals surface area contributed by atoms with Gasteiger partial charge in [0.05, 0.1) is 20.4 Å². The Labute approximate surface area is 145 Å². The van der Waals surface area contributed by atoms with Gasteiger partial charge < -0.3 is 14.8 Å². The first kappa shape index (κ1) is 18.0. The summed E-state index contributed by atoms with van der Waals surface area (Å²) in [6, 6.07) is 12.2. The molecule has 0 unspecified atom stereocenters. The summed E-state index contributed by atoms with van der Waals surface area (Å²) < 4.78 is 10.3. The third-order valence-corrected chi connectivity index (χ3v) is 3.32. The summed E-state index contributed by atoms with van der Waals surface area (Å²) in [5.41, 5.74) is 4.36. The van der Waals surface area contributed by atoms with Crippen molar-refractivity contribution in [2.24, 2.45) is 5.10 Å². The smallest absolute Gasteiger partial charge is 0.329 e. The van der Waals surface area contributed by atoms with Gasteiger partial charge in [-0.3, -0.25) is 9.59 Å². The predicted molar refractivity (Wildman–Crippen MR) is 95.1 cm³/mol. The number of carbonyl (C=O) groups excluding carboxylic acids is 2. The van der Waals surface area contributed by atoms with Crippen LogP contribution in [0, 0.1) is 6.92 Å². The molecule has 2 N–H and O–H groups in total. The van der Waals surface area contributed by atoms with Gasteiger partial charge in [-0.05, 0) is 37.3 Å². The van der Waals surface area contributed by atoms with Crippen LogP contribution in [0.3, 0.4) is 0 Å². The van der Waals surface area contributed by atoms with Crippen LogP contribution in [-0.2, 0) is 9.59 Å². The zero-order valence-corrected chi connectivity index (χ0v) is 14.2. The van der Waals surface area contributed by atoms with E-state index in [1.807, 2.05) is 19.1 Å². The van der Waals surface area contributed by atoms with Crippen LogP contribution in [0.15, 0.2) is 47.6 Å². The zero-order valence-electron chi connectivity index (χ0n) is 14.2. The minimum atomic E-state index is -0.876. The molecule has 0 saturated carbocycles. The van der Waals surface area contributed by atoms with Gasteiger partial charge >= 0.3 is 11.8 Å². The highest BCUT2D eigenvalue weighted by molar-refractivity contribution is 6.39. The number of anilines is 1. The van der Waals surface area contributed by atoms with Gasteiger partial charge in [-0.15, -0.1) is 0 Å². The van der Waals surface area contributed by atoms with Crippen LogP contribution >= 0.6 is 0 Å². The van der Waals surface area contributed by atoms with Crippen molar-refractivity contribution in [1.29, 1.82) is 0 Å². The molecule has 0 spiro atoms. The van der Waals surface area contributed by atoms with Crippen LogP contribution in [0.5, 0.6) is 11.5 Å². The molecule has 0 aliphatic carbocycles. The number of hydrazone groups is 1. The molecular formula is C18H19N3O4.